The molecule has 298 valence electrons. The number of rotatable bonds is 15. The van der Waals surface area contributed by atoms with Crippen molar-refractivity contribution in [2.75, 3.05) is 64.4 Å². The van der Waals surface area contributed by atoms with Crippen LogP contribution in [0.1, 0.15) is 94.9 Å². The molecule has 1 N–H and O–H groups in total. The minimum absolute atomic E-state index is 0.0388. The molecule has 10 heteroatoms. The number of ether oxygens (including phenoxy) is 3. The molecule has 3 aromatic carbocycles. The maximum absolute atomic E-state index is 14.6. The molecule has 2 saturated heterocycles. The average Bonchev–Trinajstić information content (AvgIpc) is 3.29. The lowest BCUT2D eigenvalue weighted by Crippen LogP contribution is -2.50. The molecular weight excluding hydrogens is 712 g/mol. The summed E-state index contributed by atoms with van der Waals surface area (Å²) in [6.07, 6.45) is 6.92. The number of benzene rings is 3. The molecule has 9 nitrogen and oxygen atoms in total. The van der Waals surface area contributed by atoms with Gasteiger partial charge in [0.05, 0.1) is 20.1 Å². The van der Waals surface area contributed by atoms with Gasteiger partial charge in [0.25, 0.3) is 5.91 Å². The van der Waals surface area contributed by atoms with Crippen LogP contribution in [0.3, 0.4) is 0 Å². The molecule has 55 heavy (non-hydrogen) atoms. The third-order valence-electron chi connectivity index (χ3n) is 11.0. The molecular formula is C45H61ClN4O5. The van der Waals surface area contributed by atoms with E-state index in [1.807, 2.05) is 47.4 Å². The summed E-state index contributed by atoms with van der Waals surface area (Å²) in [4.78, 5) is 35.0. The monoisotopic (exact) mass is 772 g/mol. The fourth-order valence-electron chi connectivity index (χ4n) is 8.27. The fourth-order valence-corrected chi connectivity index (χ4v) is 8.45. The second kappa shape index (κ2) is 19.5. The van der Waals surface area contributed by atoms with Crippen molar-refractivity contribution in [3.05, 3.63) is 88.4 Å². The number of carbonyl (C=O) groups is 2. The molecule has 2 amide bonds. The van der Waals surface area contributed by atoms with E-state index >= 15 is 0 Å². The molecule has 0 saturated carbocycles. The van der Waals surface area contributed by atoms with Crippen molar-refractivity contribution in [1.29, 1.82) is 0 Å². The molecule has 0 radical (unpaired) electrons. The molecule has 0 spiro atoms. The summed E-state index contributed by atoms with van der Waals surface area (Å²) < 4.78 is 19.2. The van der Waals surface area contributed by atoms with Crippen molar-refractivity contribution < 1.29 is 23.8 Å². The highest BCUT2D eigenvalue weighted by atomic mass is 35.5. The number of methoxy groups -OCH3 is 1. The van der Waals surface area contributed by atoms with Crippen LogP contribution in [0.25, 0.3) is 0 Å². The number of nitrogens with zero attached hydrogens (tertiary/aromatic N) is 3. The number of hydrogen-bond donors (Lipinski definition) is 1. The Morgan fingerprint density at radius 2 is 1.65 bits per heavy atom. The first-order valence-corrected chi connectivity index (χ1v) is 20.8. The molecule has 3 heterocycles. The Morgan fingerprint density at radius 3 is 2.38 bits per heavy atom. The third kappa shape index (κ3) is 11.0. The Labute approximate surface area is 333 Å². The zero-order chi connectivity index (χ0) is 38.8. The first-order chi connectivity index (χ1) is 26.6. The van der Waals surface area contributed by atoms with Crippen molar-refractivity contribution in [2.45, 2.75) is 96.8 Å². The summed E-state index contributed by atoms with van der Waals surface area (Å²) in [5.74, 6) is 0.866. The Kier molecular flexibility index (Phi) is 14.5. The zero-order valence-electron chi connectivity index (χ0n) is 33.4. The van der Waals surface area contributed by atoms with Crippen molar-refractivity contribution in [3.63, 3.8) is 0 Å². The van der Waals surface area contributed by atoms with Gasteiger partial charge in [-0.1, -0.05) is 81.3 Å². The number of piperidine rings is 2. The van der Waals surface area contributed by atoms with E-state index in [0.29, 0.717) is 54.4 Å². The second-order valence-electron chi connectivity index (χ2n) is 16.5. The van der Waals surface area contributed by atoms with E-state index in [-0.39, 0.29) is 23.7 Å². The van der Waals surface area contributed by atoms with Gasteiger partial charge in [0.2, 0.25) is 5.91 Å². The van der Waals surface area contributed by atoms with Gasteiger partial charge in [0, 0.05) is 47.5 Å². The van der Waals surface area contributed by atoms with Crippen LogP contribution in [0.15, 0.2) is 66.7 Å². The largest absolute Gasteiger partial charge is 0.492 e. The van der Waals surface area contributed by atoms with Crippen molar-refractivity contribution in [1.82, 2.24) is 15.1 Å². The van der Waals surface area contributed by atoms with Gasteiger partial charge in [-0.3, -0.25) is 9.59 Å². The average molecular weight is 773 g/mol. The number of para-hydroxylation sites is 1. The summed E-state index contributed by atoms with van der Waals surface area (Å²) >= 11 is 6.67. The van der Waals surface area contributed by atoms with Crippen molar-refractivity contribution in [3.8, 4) is 11.5 Å². The lowest BCUT2D eigenvalue weighted by Gasteiger charge is -2.40. The Morgan fingerprint density at radius 1 is 0.909 bits per heavy atom. The summed E-state index contributed by atoms with van der Waals surface area (Å²) in [5, 5.41) is 4.06. The van der Waals surface area contributed by atoms with Gasteiger partial charge in [-0.05, 0) is 106 Å². The van der Waals surface area contributed by atoms with Gasteiger partial charge < -0.3 is 34.2 Å². The van der Waals surface area contributed by atoms with Crippen LogP contribution in [-0.4, -0.2) is 93.3 Å². The standard InChI is InChI=1S/C45H61ClN4O5/c1-45(2,3)32-50-38-20-19-34(46)30-37(38)42(55-40(44(50)52)31-41(51)49-27-21-35(22-28-49)48-25-9-6-10-26-48)36-17-11-18-39(43(36)53-4)54-29-13-24-47-23-12-16-33-14-7-5-8-15-33/h5,7-8,11,14-15,17-20,30,35,40,42,47H,6,9-10,12-13,16,21-29,31-32H2,1-4H3/t40-,42-/m0/s1. The number of halogens is 1. The van der Waals surface area contributed by atoms with Crippen LogP contribution < -0.4 is 19.7 Å². The highest BCUT2D eigenvalue weighted by molar-refractivity contribution is 6.30. The minimum Gasteiger partial charge on any atom is -0.492 e. The van der Waals surface area contributed by atoms with Crippen LogP contribution in [0.5, 0.6) is 11.5 Å². The number of aryl methyl sites for hydroxylation is 1. The highest BCUT2D eigenvalue weighted by Crippen LogP contribution is 2.46. The maximum Gasteiger partial charge on any atom is 0.256 e. The predicted molar refractivity (Wildman–Crippen MR) is 220 cm³/mol. The van der Waals surface area contributed by atoms with Crippen LogP contribution in [0, 0.1) is 5.41 Å². The van der Waals surface area contributed by atoms with Crippen molar-refractivity contribution >= 4 is 29.1 Å². The molecule has 0 bridgehead atoms. The molecule has 0 aromatic heterocycles. The quantitative estimate of drug-likeness (QED) is 0.157. The van der Waals surface area contributed by atoms with Gasteiger partial charge in [-0.2, -0.15) is 0 Å². The van der Waals surface area contributed by atoms with Crippen LogP contribution >= 0.6 is 11.6 Å². The predicted octanol–water partition coefficient (Wildman–Crippen LogP) is 8.07. The van der Waals surface area contributed by atoms with E-state index in [4.69, 9.17) is 25.8 Å². The lowest BCUT2D eigenvalue weighted by atomic mass is 9.94. The summed E-state index contributed by atoms with van der Waals surface area (Å²) in [5.41, 5.74) is 3.32. The van der Waals surface area contributed by atoms with Crippen molar-refractivity contribution in [2.24, 2.45) is 5.41 Å². The number of nitrogens with one attached hydrogen (secondary N) is 1. The number of hydrogen-bond acceptors (Lipinski definition) is 7. The van der Waals surface area contributed by atoms with Crippen LogP contribution in [-0.2, 0) is 20.7 Å². The first-order valence-electron chi connectivity index (χ1n) is 20.4. The van der Waals surface area contributed by atoms with E-state index in [1.54, 1.807) is 12.0 Å². The van der Waals surface area contributed by atoms with E-state index < -0.39 is 12.2 Å². The van der Waals surface area contributed by atoms with Gasteiger partial charge in [0.1, 0.15) is 12.2 Å². The SMILES string of the molecule is COc1c(OCCCNCCCc2ccccc2)cccc1[C@@H]1O[C@@H](CC(=O)N2CCC(N3CCCCC3)CC2)C(=O)N(CC(C)(C)C)c2ccc(Cl)cc21. The number of carbonyl (C=O) groups excluding carboxylic acids is 2. The second-order valence-corrected chi connectivity index (χ2v) is 17.0. The van der Waals surface area contributed by atoms with Gasteiger partial charge in [0.15, 0.2) is 11.5 Å². The Bertz CT molecular complexity index is 1700. The Balaban J connectivity index is 1.18. The number of likely N-dealkylation sites (tertiary alicyclic amines) is 2. The fraction of sp³-hybridized carbons (Fsp3) is 0.556. The third-order valence-corrected chi connectivity index (χ3v) is 11.3. The van der Waals surface area contributed by atoms with Gasteiger partial charge >= 0.3 is 0 Å². The molecule has 2 atom stereocenters. The van der Waals surface area contributed by atoms with E-state index in [9.17, 15) is 9.59 Å². The topological polar surface area (TPSA) is 83.6 Å². The van der Waals surface area contributed by atoms with Crippen LogP contribution in [0.2, 0.25) is 5.02 Å². The maximum atomic E-state index is 14.6. The minimum atomic E-state index is -1.01. The molecule has 3 aliphatic rings. The lowest BCUT2D eigenvalue weighted by molar-refractivity contribution is -0.144. The summed E-state index contributed by atoms with van der Waals surface area (Å²) in [6, 6.07) is 22.4. The smallest absolute Gasteiger partial charge is 0.256 e. The molecule has 3 aliphatic heterocycles. The van der Waals surface area contributed by atoms with E-state index in [1.165, 1.54) is 24.8 Å². The molecule has 0 unspecified atom stereocenters. The highest BCUT2D eigenvalue weighted by Gasteiger charge is 2.41. The molecule has 0 aliphatic carbocycles. The molecule has 2 fully saturated rings. The van der Waals surface area contributed by atoms with Crippen LogP contribution in [0.4, 0.5) is 5.69 Å². The zero-order valence-corrected chi connectivity index (χ0v) is 34.1. The summed E-state index contributed by atoms with van der Waals surface area (Å²) in [7, 11) is 1.63. The number of anilines is 1. The summed E-state index contributed by atoms with van der Waals surface area (Å²) in [6.45, 7) is 12.8. The number of fused-ring (bicyclic) bond motifs is 1. The Hall–Kier alpha value is -3.63. The van der Waals surface area contributed by atoms with Gasteiger partial charge in [-0.15, -0.1) is 0 Å². The molecule has 3 aromatic rings. The first kappa shape index (κ1) is 41.0. The van der Waals surface area contributed by atoms with Gasteiger partial charge in [-0.25, -0.2) is 0 Å². The van der Waals surface area contributed by atoms with E-state index in [0.717, 1.165) is 69.5 Å². The normalized spacial score (nSPS) is 19.9. The molecule has 6 rings (SSSR count). The van der Waals surface area contributed by atoms with E-state index in [2.05, 4.69) is 55.3 Å². The number of amides is 2.